The van der Waals surface area contributed by atoms with Gasteiger partial charge in [-0.25, -0.2) is 0 Å². The van der Waals surface area contributed by atoms with Gasteiger partial charge < -0.3 is 0 Å². The van der Waals surface area contributed by atoms with E-state index in [1.807, 2.05) is 0 Å². The second-order valence-corrected chi connectivity index (χ2v) is 11.2. The van der Waals surface area contributed by atoms with Crippen molar-refractivity contribution in [1.82, 2.24) is 0 Å². The van der Waals surface area contributed by atoms with Gasteiger partial charge in [-0.05, 0) is 0 Å². The second kappa shape index (κ2) is 3.75. The molecule has 0 unspecified atom stereocenters. The summed E-state index contributed by atoms with van der Waals surface area (Å²) in [5.74, 6) is 0. The fraction of sp³-hybridized carbons (Fsp3) is 0.455. The van der Waals surface area contributed by atoms with Crippen LogP contribution in [0.2, 0.25) is 4.25 Å². The maximum absolute atomic E-state index is 5.44. The van der Waals surface area contributed by atoms with Gasteiger partial charge in [0.25, 0.3) is 0 Å². The average molecular weight is 219 g/mol. The molecule has 0 aromatic carbocycles. The molecule has 62 valence electrons. The summed E-state index contributed by atoms with van der Waals surface area (Å²) in [6.45, 7) is 6.23. The van der Waals surface area contributed by atoms with Gasteiger partial charge in [-0.1, -0.05) is 0 Å². The molecule has 0 aromatic rings. The van der Waals surface area contributed by atoms with Gasteiger partial charge in [0.2, 0.25) is 0 Å². The first-order valence-electron chi connectivity index (χ1n) is 3.93. The van der Waals surface area contributed by atoms with Crippen LogP contribution in [0.15, 0.2) is 0 Å². The Balaban J connectivity index is 5.22. The average Bonchev–Trinajstić information content (AvgIpc) is 2.08. The van der Waals surface area contributed by atoms with Gasteiger partial charge in [0.05, 0.1) is 0 Å². The summed E-state index contributed by atoms with van der Waals surface area (Å²) in [7, 11) is 0. The van der Waals surface area contributed by atoms with E-state index in [-0.39, 0.29) is 4.25 Å². The SMILES string of the molecule is C#[C][Ge]([C]#C)([C]#C)[C](C)(C)CC. The molecule has 0 rings (SSSR count). The first-order chi connectivity index (χ1) is 5.49. The zero-order valence-corrected chi connectivity index (χ0v) is 10.0. The molecule has 0 N–H and O–H groups in total. The predicted molar refractivity (Wildman–Crippen MR) is 56.6 cm³/mol. The van der Waals surface area contributed by atoms with E-state index in [1.165, 1.54) is 0 Å². The minimum absolute atomic E-state index is 0.0156. The van der Waals surface area contributed by atoms with Crippen molar-refractivity contribution in [2.75, 3.05) is 0 Å². The summed E-state index contributed by atoms with van der Waals surface area (Å²) in [6, 6.07) is 0. The molecule has 0 amide bonds. The Kier molecular flexibility index (Phi) is 3.51. The van der Waals surface area contributed by atoms with Gasteiger partial charge in [0, 0.05) is 0 Å². The fourth-order valence-electron chi connectivity index (χ4n) is 0.976. The van der Waals surface area contributed by atoms with Crippen molar-refractivity contribution in [3.63, 3.8) is 0 Å². The topological polar surface area (TPSA) is 0 Å². The molecule has 0 nitrogen and oxygen atoms in total. The molecule has 0 aliphatic heterocycles. The normalized spacial score (nSPS) is 11.0. The van der Waals surface area contributed by atoms with Crippen LogP contribution in [0.5, 0.6) is 0 Å². The van der Waals surface area contributed by atoms with E-state index in [9.17, 15) is 0 Å². The van der Waals surface area contributed by atoms with Crippen LogP contribution in [0.4, 0.5) is 0 Å². The second-order valence-electron chi connectivity index (χ2n) is 3.42. The Morgan fingerprint density at radius 2 is 1.42 bits per heavy atom. The van der Waals surface area contributed by atoms with Crippen LogP contribution in [0.25, 0.3) is 0 Å². The van der Waals surface area contributed by atoms with Crippen LogP contribution >= 0.6 is 0 Å². The Bertz CT molecular complexity index is 242. The quantitative estimate of drug-likeness (QED) is 0.492. The molecule has 12 heavy (non-hydrogen) atoms. The third-order valence-electron chi connectivity index (χ3n) is 2.55. The number of hydrogen-bond donors (Lipinski definition) is 0. The molecule has 0 saturated carbocycles. The van der Waals surface area contributed by atoms with E-state index in [0.29, 0.717) is 0 Å². The number of terminal acetylenes is 3. The van der Waals surface area contributed by atoms with E-state index in [1.54, 1.807) is 0 Å². The Labute approximate surface area is 78.5 Å². The predicted octanol–water partition coefficient (Wildman–Crippen LogP) is 2.14. The summed E-state index contributed by atoms with van der Waals surface area (Å²) in [5.41, 5.74) is 0. The molecule has 0 aliphatic carbocycles. The summed E-state index contributed by atoms with van der Waals surface area (Å²) in [4.78, 5) is 0. The van der Waals surface area contributed by atoms with Crippen LogP contribution in [0.3, 0.4) is 0 Å². The van der Waals surface area contributed by atoms with Crippen molar-refractivity contribution in [1.29, 1.82) is 0 Å². The van der Waals surface area contributed by atoms with Gasteiger partial charge in [-0.15, -0.1) is 0 Å². The van der Waals surface area contributed by atoms with Crippen molar-refractivity contribution in [3.8, 4) is 33.5 Å². The van der Waals surface area contributed by atoms with Crippen molar-refractivity contribution >= 4 is 13.3 Å². The van der Waals surface area contributed by atoms with Gasteiger partial charge >= 0.3 is 78.2 Å². The van der Waals surface area contributed by atoms with Crippen LogP contribution in [-0.4, -0.2) is 13.3 Å². The van der Waals surface area contributed by atoms with E-state index >= 15 is 0 Å². The molecule has 0 saturated heterocycles. The monoisotopic (exact) mass is 220 g/mol. The Morgan fingerprint density at radius 1 is 1.08 bits per heavy atom. The zero-order valence-electron chi connectivity index (χ0n) is 7.94. The summed E-state index contributed by atoms with van der Waals surface area (Å²) in [5, 5.41) is 0. The standard InChI is InChI=1S/C11H14Ge/c1-7-11(5,6)12(8-2,9-3)10-4/h2-4H,7H2,1,5-6H3. The molecule has 0 bridgehead atoms. The van der Waals surface area contributed by atoms with Crippen LogP contribution in [0, 0.1) is 33.5 Å². The third kappa shape index (κ3) is 1.52. The van der Waals surface area contributed by atoms with E-state index in [4.69, 9.17) is 19.3 Å². The molecule has 0 atom stereocenters. The Morgan fingerprint density at radius 3 is 1.50 bits per heavy atom. The molecular formula is C11H14Ge. The van der Waals surface area contributed by atoms with Crippen LogP contribution in [-0.2, 0) is 0 Å². The maximum atomic E-state index is 5.44. The fourth-order valence-corrected chi connectivity index (χ4v) is 5.07. The van der Waals surface area contributed by atoms with Gasteiger partial charge in [-0.3, -0.25) is 0 Å². The first-order valence-corrected chi connectivity index (χ1v) is 8.12. The van der Waals surface area contributed by atoms with Crippen LogP contribution in [0.1, 0.15) is 27.2 Å². The summed E-state index contributed by atoms with van der Waals surface area (Å²) in [6.07, 6.45) is 17.3. The molecule has 0 aliphatic rings. The molecule has 0 aromatic heterocycles. The van der Waals surface area contributed by atoms with Gasteiger partial charge in [0.15, 0.2) is 0 Å². The van der Waals surface area contributed by atoms with Crippen molar-refractivity contribution in [2.24, 2.45) is 0 Å². The molecular weight excluding hydrogens is 205 g/mol. The van der Waals surface area contributed by atoms with E-state index in [0.717, 1.165) is 6.42 Å². The Hall–Kier alpha value is -0.777. The number of rotatable bonds is 2. The van der Waals surface area contributed by atoms with Gasteiger partial charge in [0.1, 0.15) is 0 Å². The molecule has 1 heteroatoms. The minimum atomic E-state index is -2.89. The molecule has 0 fully saturated rings. The van der Waals surface area contributed by atoms with Gasteiger partial charge in [-0.2, -0.15) is 0 Å². The molecule has 0 heterocycles. The summed E-state index contributed by atoms with van der Waals surface area (Å²) >= 11 is -2.89. The van der Waals surface area contributed by atoms with Crippen LogP contribution < -0.4 is 0 Å². The first kappa shape index (κ1) is 11.2. The van der Waals surface area contributed by atoms with Crippen molar-refractivity contribution in [2.45, 2.75) is 31.4 Å². The van der Waals surface area contributed by atoms with Crippen molar-refractivity contribution < 1.29 is 0 Å². The molecule has 0 spiro atoms. The summed E-state index contributed by atoms with van der Waals surface area (Å²) < 4.78 is 8.15. The molecule has 0 radical (unpaired) electrons. The van der Waals surface area contributed by atoms with Crippen molar-refractivity contribution in [3.05, 3.63) is 0 Å². The van der Waals surface area contributed by atoms with E-state index in [2.05, 4.69) is 35.0 Å². The zero-order chi connectivity index (χ0) is 9.83. The third-order valence-corrected chi connectivity index (χ3v) is 10.3. The van der Waals surface area contributed by atoms with E-state index < -0.39 is 13.3 Å². The number of hydrogen-bond acceptors (Lipinski definition) is 0.